The van der Waals surface area contributed by atoms with Crippen LogP contribution in [0, 0.1) is 0 Å². The molecule has 0 bridgehead atoms. The largest absolute Gasteiger partial charge is 0.464 e. The number of aromatic nitrogens is 2. The van der Waals surface area contributed by atoms with Crippen LogP contribution in [0.15, 0.2) is 36.7 Å². The highest BCUT2D eigenvalue weighted by atomic mass is 16.5. The van der Waals surface area contributed by atoms with Gasteiger partial charge in [-0.2, -0.15) is 0 Å². The van der Waals surface area contributed by atoms with E-state index in [4.69, 9.17) is 4.74 Å². The first-order chi connectivity index (χ1) is 14.9. The second kappa shape index (κ2) is 8.53. The van der Waals surface area contributed by atoms with Crippen LogP contribution in [-0.2, 0) is 22.6 Å². The van der Waals surface area contributed by atoms with E-state index in [2.05, 4.69) is 10.3 Å². The number of benzene rings is 1. The monoisotopic (exact) mass is 424 g/mol. The van der Waals surface area contributed by atoms with Crippen LogP contribution in [0.25, 0.3) is 0 Å². The molecule has 2 aliphatic rings. The number of imidazole rings is 1. The molecule has 1 aromatic carbocycles. The minimum atomic E-state index is -1.12. The van der Waals surface area contributed by atoms with Gasteiger partial charge in [0.2, 0.25) is 5.91 Å². The number of rotatable bonds is 5. The van der Waals surface area contributed by atoms with Crippen LogP contribution in [0.4, 0.5) is 0 Å². The molecule has 164 valence electrons. The molecule has 1 atom stereocenters. The third-order valence-corrected chi connectivity index (χ3v) is 6.35. The zero-order valence-corrected chi connectivity index (χ0v) is 18.0. The Morgan fingerprint density at radius 1 is 1.19 bits per heavy atom. The normalized spacial score (nSPS) is 21.5. The second-order valence-corrected chi connectivity index (χ2v) is 8.52. The number of nitrogens with zero attached hydrogens (tertiary/aromatic N) is 3. The topological polar surface area (TPSA) is 93.5 Å². The summed E-state index contributed by atoms with van der Waals surface area (Å²) in [7, 11) is 1.25. The lowest BCUT2D eigenvalue weighted by atomic mass is 9.91. The number of carbonyl (C=O) groups excluding carboxylic acids is 3. The van der Waals surface area contributed by atoms with Gasteiger partial charge in [-0.1, -0.05) is 49.6 Å². The van der Waals surface area contributed by atoms with E-state index in [9.17, 15) is 14.4 Å². The molecule has 1 aromatic heterocycles. The quantitative estimate of drug-likeness (QED) is 0.745. The number of carbonyl (C=O) groups is 3. The minimum absolute atomic E-state index is 0.0275. The minimum Gasteiger partial charge on any atom is -0.464 e. The summed E-state index contributed by atoms with van der Waals surface area (Å²) >= 11 is 0. The summed E-state index contributed by atoms with van der Waals surface area (Å²) in [6, 6.07) is 9.66. The lowest BCUT2D eigenvalue weighted by Crippen LogP contribution is -2.64. The summed E-state index contributed by atoms with van der Waals surface area (Å²) < 4.78 is 6.39. The second-order valence-electron chi connectivity index (χ2n) is 8.52. The SMILES string of the molecule is COC(=O)c1ncn2c1C(=O)N(Cc1ccccc1)[C@](C)(C(=O)NC1CCCCC1)C2. The van der Waals surface area contributed by atoms with Crippen LogP contribution in [0.1, 0.15) is 65.6 Å². The van der Waals surface area contributed by atoms with E-state index in [0.29, 0.717) is 0 Å². The van der Waals surface area contributed by atoms with Gasteiger partial charge in [0.05, 0.1) is 20.0 Å². The molecule has 1 saturated carbocycles. The summed E-state index contributed by atoms with van der Waals surface area (Å²) in [4.78, 5) is 45.0. The van der Waals surface area contributed by atoms with Crippen LogP contribution in [-0.4, -0.2) is 50.9 Å². The molecule has 1 N–H and O–H groups in total. The maximum absolute atomic E-state index is 13.6. The number of nitrogens with one attached hydrogen (secondary N) is 1. The fourth-order valence-corrected chi connectivity index (χ4v) is 4.54. The Balaban J connectivity index is 1.70. The highest BCUT2D eigenvalue weighted by Gasteiger charge is 2.49. The first-order valence-electron chi connectivity index (χ1n) is 10.7. The molecule has 0 spiro atoms. The molecule has 4 rings (SSSR count). The highest BCUT2D eigenvalue weighted by Crippen LogP contribution is 2.31. The van der Waals surface area contributed by atoms with Gasteiger partial charge in [0.25, 0.3) is 5.91 Å². The smallest absolute Gasteiger partial charge is 0.359 e. The van der Waals surface area contributed by atoms with Gasteiger partial charge in [-0.3, -0.25) is 9.59 Å². The zero-order valence-electron chi connectivity index (χ0n) is 18.0. The van der Waals surface area contributed by atoms with E-state index in [0.717, 1.165) is 31.2 Å². The maximum atomic E-state index is 13.6. The van der Waals surface area contributed by atoms with Crippen LogP contribution in [0.5, 0.6) is 0 Å². The maximum Gasteiger partial charge on any atom is 0.359 e. The standard InChI is InChI=1S/C23H28N4O4/c1-23(22(30)25-17-11-7-4-8-12-17)14-26-15-24-18(21(29)31-2)19(26)20(28)27(23)13-16-9-5-3-6-10-16/h3,5-6,9-10,15,17H,4,7-8,11-14H2,1-2H3,(H,25,30)/t23-/m0/s1. The van der Waals surface area contributed by atoms with Crippen molar-refractivity contribution in [2.24, 2.45) is 0 Å². The molecule has 1 aliphatic heterocycles. The van der Waals surface area contributed by atoms with Crippen molar-refractivity contribution in [3.05, 3.63) is 53.6 Å². The van der Waals surface area contributed by atoms with Crippen molar-refractivity contribution in [2.75, 3.05) is 7.11 Å². The van der Waals surface area contributed by atoms with Gasteiger partial charge in [0.1, 0.15) is 11.2 Å². The number of fused-ring (bicyclic) bond motifs is 1. The molecule has 31 heavy (non-hydrogen) atoms. The van der Waals surface area contributed by atoms with Gasteiger partial charge in [-0.25, -0.2) is 9.78 Å². The Labute approximate surface area is 181 Å². The van der Waals surface area contributed by atoms with E-state index < -0.39 is 17.4 Å². The van der Waals surface area contributed by atoms with Crippen molar-refractivity contribution in [3.63, 3.8) is 0 Å². The van der Waals surface area contributed by atoms with Crippen molar-refractivity contribution < 1.29 is 19.1 Å². The van der Waals surface area contributed by atoms with Gasteiger partial charge < -0.3 is 19.5 Å². The molecule has 1 aliphatic carbocycles. The first-order valence-corrected chi connectivity index (χ1v) is 10.7. The van der Waals surface area contributed by atoms with Gasteiger partial charge in [0, 0.05) is 12.6 Å². The molecule has 0 unspecified atom stereocenters. The number of hydrogen-bond donors (Lipinski definition) is 1. The van der Waals surface area contributed by atoms with E-state index in [1.165, 1.54) is 19.9 Å². The molecular weight excluding hydrogens is 396 g/mol. The van der Waals surface area contributed by atoms with Gasteiger partial charge >= 0.3 is 5.97 Å². The Bertz CT molecular complexity index is 981. The molecule has 0 radical (unpaired) electrons. The number of ether oxygens (including phenoxy) is 1. The molecule has 2 amide bonds. The molecule has 1 fully saturated rings. The van der Waals surface area contributed by atoms with Crippen molar-refractivity contribution in [3.8, 4) is 0 Å². The highest BCUT2D eigenvalue weighted by molar-refractivity contribution is 6.06. The Morgan fingerprint density at radius 2 is 1.90 bits per heavy atom. The number of hydrogen-bond acceptors (Lipinski definition) is 5. The Morgan fingerprint density at radius 3 is 2.58 bits per heavy atom. The van der Waals surface area contributed by atoms with Crippen molar-refractivity contribution in [1.29, 1.82) is 0 Å². The van der Waals surface area contributed by atoms with Crippen LogP contribution < -0.4 is 5.32 Å². The van der Waals surface area contributed by atoms with Crippen LogP contribution >= 0.6 is 0 Å². The van der Waals surface area contributed by atoms with Crippen molar-refractivity contribution >= 4 is 17.8 Å². The fourth-order valence-electron chi connectivity index (χ4n) is 4.54. The van der Waals surface area contributed by atoms with Crippen molar-refractivity contribution in [1.82, 2.24) is 19.8 Å². The summed E-state index contributed by atoms with van der Waals surface area (Å²) in [6.45, 7) is 2.25. The van der Waals surface area contributed by atoms with Gasteiger partial charge in [0.15, 0.2) is 5.69 Å². The average molecular weight is 425 g/mol. The summed E-state index contributed by atoms with van der Waals surface area (Å²) in [5, 5.41) is 3.18. The fraction of sp³-hybridized carbons (Fsp3) is 0.478. The zero-order chi connectivity index (χ0) is 22.0. The third-order valence-electron chi connectivity index (χ3n) is 6.35. The predicted octanol–water partition coefficient (Wildman–Crippen LogP) is 2.53. The molecule has 8 heteroatoms. The summed E-state index contributed by atoms with van der Waals surface area (Å²) in [5.41, 5.74) is -0.0861. The van der Waals surface area contributed by atoms with Crippen LogP contribution in [0.3, 0.4) is 0 Å². The van der Waals surface area contributed by atoms with E-state index in [1.807, 2.05) is 30.3 Å². The summed E-state index contributed by atoms with van der Waals surface area (Å²) in [5.74, 6) is -1.26. The van der Waals surface area contributed by atoms with E-state index in [1.54, 1.807) is 16.4 Å². The molecule has 8 nitrogen and oxygen atoms in total. The number of methoxy groups -OCH3 is 1. The number of esters is 1. The molecular formula is C23H28N4O4. The predicted molar refractivity (Wildman–Crippen MR) is 113 cm³/mol. The average Bonchev–Trinajstić information content (AvgIpc) is 3.21. The van der Waals surface area contributed by atoms with Gasteiger partial charge in [-0.05, 0) is 25.3 Å². The first kappa shape index (κ1) is 21.1. The van der Waals surface area contributed by atoms with Crippen LogP contribution in [0.2, 0.25) is 0 Å². The molecule has 2 heterocycles. The molecule has 2 aromatic rings. The number of amides is 2. The Hall–Kier alpha value is -3.16. The van der Waals surface area contributed by atoms with E-state index in [-0.39, 0.29) is 36.4 Å². The third kappa shape index (κ3) is 3.94. The molecule has 0 saturated heterocycles. The van der Waals surface area contributed by atoms with E-state index >= 15 is 0 Å². The Kier molecular flexibility index (Phi) is 5.80. The van der Waals surface area contributed by atoms with Gasteiger partial charge in [-0.15, -0.1) is 0 Å². The van der Waals surface area contributed by atoms with Crippen molar-refractivity contribution in [2.45, 2.75) is 63.7 Å². The lowest BCUT2D eigenvalue weighted by Gasteiger charge is -2.44. The summed E-state index contributed by atoms with van der Waals surface area (Å²) in [6.07, 6.45) is 6.74. The lowest BCUT2D eigenvalue weighted by molar-refractivity contribution is -0.134.